The molecular weight excluding hydrogens is 368 g/mol. The van der Waals surface area contributed by atoms with Crippen LogP contribution >= 0.6 is 0 Å². The van der Waals surface area contributed by atoms with E-state index < -0.39 is 41.3 Å². The van der Waals surface area contributed by atoms with Crippen molar-refractivity contribution in [3.63, 3.8) is 0 Å². The number of amides is 2. The number of aromatic nitrogens is 4. The van der Waals surface area contributed by atoms with Gasteiger partial charge in [0.05, 0.1) is 12.3 Å². The summed E-state index contributed by atoms with van der Waals surface area (Å²) in [7, 11) is 0. The van der Waals surface area contributed by atoms with Crippen molar-refractivity contribution in [2.24, 2.45) is 0 Å². The Hall–Kier alpha value is -3.99. The highest BCUT2D eigenvalue weighted by molar-refractivity contribution is 6.00. The smallest absolute Gasteiger partial charge is 0.325 e. The number of carbonyl (C=O) groups excluding carboxylic acids is 2. The Kier molecular flexibility index (Phi) is 5.46. The van der Waals surface area contributed by atoms with Crippen LogP contribution in [-0.2, 0) is 4.79 Å². The molecule has 3 aromatic rings. The molecule has 6 N–H and O–H groups in total. The number of anilines is 1. The van der Waals surface area contributed by atoms with E-state index >= 15 is 0 Å². The molecule has 144 valence electrons. The topological polar surface area (TPSA) is 173 Å². The molecule has 0 aliphatic carbocycles. The van der Waals surface area contributed by atoms with E-state index in [1.54, 1.807) is 6.07 Å². The molecule has 3 rings (SSSR count). The molecule has 2 heterocycles. The zero-order valence-corrected chi connectivity index (χ0v) is 14.4. The lowest BCUT2D eigenvalue weighted by Gasteiger charge is -2.14. The predicted octanol–water partition coefficient (Wildman–Crippen LogP) is -0.817. The van der Waals surface area contributed by atoms with Gasteiger partial charge in [-0.15, -0.1) is 0 Å². The molecular formula is C17H16N6O5. The van der Waals surface area contributed by atoms with E-state index in [1.807, 2.05) is 35.3 Å². The average molecular weight is 384 g/mol. The van der Waals surface area contributed by atoms with E-state index in [2.05, 4.69) is 25.8 Å². The largest absolute Gasteiger partial charge is 0.394 e. The van der Waals surface area contributed by atoms with Gasteiger partial charge < -0.3 is 20.7 Å². The number of carbonyl (C=O) groups is 2. The van der Waals surface area contributed by atoms with E-state index in [0.717, 1.165) is 11.8 Å². The van der Waals surface area contributed by atoms with Crippen molar-refractivity contribution in [1.29, 1.82) is 0 Å². The number of hydrogen-bond acceptors (Lipinski definition) is 6. The third-order valence-electron chi connectivity index (χ3n) is 3.78. The van der Waals surface area contributed by atoms with Crippen LogP contribution in [0.5, 0.6) is 0 Å². The fourth-order valence-corrected chi connectivity index (χ4v) is 2.37. The van der Waals surface area contributed by atoms with Crippen molar-refractivity contribution in [2.45, 2.75) is 6.04 Å². The molecule has 0 fully saturated rings. The molecule has 0 radical (unpaired) electrons. The molecule has 28 heavy (non-hydrogen) atoms. The first kappa shape index (κ1) is 18.8. The van der Waals surface area contributed by atoms with Crippen molar-refractivity contribution >= 4 is 17.6 Å². The number of aromatic amines is 3. The lowest BCUT2D eigenvalue weighted by Crippen LogP contribution is -2.47. The molecule has 0 unspecified atom stereocenters. The Morgan fingerprint density at radius 3 is 2.61 bits per heavy atom. The molecule has 11 heteroatoms. The minimum absolute atomic E-state index is 0.193. The first-order valence-corrected chi connectivity index (χ1v) is 8.13. The van der Waals surface area contributed by atoms with Gasteiger partial charge >= 0.3 is 5.69 Å². The second-order valence-corrected chi connectivity index (χ2v) is 5.72. The monoisotopic (exact) mass is 384 g/mol. The number of benzene rings is 1. The highest BCUT2D eigenvalue weighted by atomic mass is 16.3. The molecule has 0 saturated heterocycles. The molecule has 0 aliphatic heterocycles. The normalized spacial score (nSPS) is 11.6. The maximum absolute atomic E-state index is 12.3. The number of nitrogens with one attached hydrogen (secondary N) is 5. The number of nitrogens with zero attached hydrogens (tertiary/aromatic N) is 1. The number of rotatable bonds is 6. The Balaban J connectivity index is 1.68. The van der Waals surface area contributed by atoms with Gasteiger partial charge in [-0.2, -0.15) is 5.10 Å². The molecule has 0 spiro atoms. The first-order chi connectivity index (χ1) is 13.5. The van der Waals surface area contributed by atoms with Crippen molar-refractivity contribution in [3.8, 4) is 11.3 Å². The van der Waals surface area contributed by atoms with Crippen LogP contribution in [0.4, 0.5) is 5.82 Å². The minimum atomic E-state index is -1.34. The van der Waals surface area contributed by atoms with E-state index in [9.17, 15) is 24.3 Å². The van der Waals surface area contributed by atoms with Crippen molar-refractivity contribution in [2.75, 3.05) is 11.9 Å². The summed E-state index contributed by atoms with van der Waals surface area (Å²) >= 11 is 0. The standard InChI is InChI=1S/C17H16N6O5/c24-8-12(19-14(25)10-7-18-17(28)21-15(10)26)16(27)20-13-6-11(22-23-13)9-4-2-1-3-5-9/h1-7,12,24H,8H2,(H,19,25)(H2,18,21,26,28)(H2,20,22,23,27)/t12-/m0/s1. The van der Waals surface area contributed by atoms with Gasteiger partial charge in [0.1, 0.15) is 11.6 Å². The van der Waals surface area contributed by atoms with Crippen LogP contribution in [0, 0.1) is 0 Å². The number of H-pyrrole nitrogens is 3. The van der Waals surface area contributed by atoms with Crippen LogP contribution < -0.4 is 21.9 Å². The summed E-state index contributed by atoms with van der Waals surface area (Å²) in [6.45, 7) is -0.713. The van der Waals surface area contributed by atoms with E-state index in [0.29, 0.717) is 5.69 Å². The molecule has 0 aliphatic rings. The van der Waals surface area contributed by atoms with Crippen LogP contribution in [0.25, 0.3) is 11.3 Å². The summed E-state index contributed by atoms with van der Waals surface area (Å²) in [6.07, 6.45) is 0.919. The van der Waals surface area contributed by atoms with E-state index in [1.165, 1.54) is 0 Å². The zero-order valence-electron chi connectivity index (χ0n) is 14.4. The van der Waals surface area contributed by atoms with Crippen molar-refractivity contribution in [3.05, 3.63) is 69.0 Å². The fraction of sp³-hybridized carbons (Fsp3) is 0.118. The number of hydrogen-bond donors (Lipinski definition) is 6. The van der Waals surface area contributed by atoms with Gasteiger partial charge in [0, 0.05) is 12.3 Å². The summed E-state index contributed by atoms with van der Waals surface area (Å²) in [5.41, 5.74) is -0.569. The Morgan fingerprint density at radius 1 is 1.18 bits per heavy atom. The highest BCUT2D eigenvalue weighted by Crippen LogP contribution is 2.19. The van der Waals surface area contributed by atoms with Crippen LogP contribution in [0.15, 0.2) is 52.2 Å². The van der Waals surface area contributed by atoms with Gasteiger partial charge in [0.2, 0.25) is 0 Å². The Bertz CT molecular complexity index is 1100. The second kappa shape index (κ2) is 8.14. The predicted molar refractivity (Wildman–Crippen MR) is 98.7 cm³/mol. The van der Waals surface area contributed by atoms with E-state index in [-0.39, 0.29) is 5.82 Å². The first-order valence-electron chi connectivity index (χ1n) is 8.13. The Labute approximate surface area is 156 Å². The van der Waals surface area contributed by atoms with Crippen LogP contribution in [-0.4, -0.2) is 49.7 Å². The van der Waals surface area contributed by atoms with Gasteiger partial charge in [-0.05, 0) is 5.56 Å². The average Bonchev–Trinajstić information content (AvgIpc) is 3.15. The van der Waals surface area contributed by atoms with Gasteiger partial charge in [0.15, 0.2) is 5.82 Å². The van der Waals surface area contributed by atoms with Crippen LogP contribution in [0.3, 0.4) is 0 Å². The molecule has 1 atom stereocenters. The van der Waals surface area contributed by atoms with Crippen molar-refractivity contribution < 1.29 is 14.7 Å². The third kappa shape index (κ3) is 4.22. The minimum Gasteiger partial charge on any atom is -0.394 e. The maximum Gasteiger partial charge on any atom is 0.325 e. The lowest BCUT2D eigenvalue weighted by molar-refractivity contribution is -0.118. The summed E-state index contributed by atoms with van der Waals surface area (Å²) < 4.78 is 0. The summed E-state index contributed by atoms with van der Waals surface area (Å²) in [5, 5.41) is 20.8. The van der Waals surface area contributed by atoms with Crippen LogP contribution in [0.1, 0.15) is 10.4 Å². The number of aliphatic hydroxyl groups is 1. The summed E-state index contributed by atoms with van der Waals surface area (Å²) in [5.74, 6) is -1.47. The molecule has 11 nitrogen and oxygen atoms in total. The summed E-state index contributed by atoms with van der Waals surface area (Å²) in [4.78, 5) is 51.1. The van der Waals surface area contributed by atoms with Crippen LogP contribution in [0.2, 0.25) is 0 Å². The maximum atomic E-state index is 12.3. The molecule has 2 aromatic heterocycles. The number of aliphatic hydroxyl groups excluding tert-OH is 1. The lowest BCUT2D eigenvalue weighted by atomic mass is 10.1. The molecule has 2 amide bonds. The van der Waals surface area contributed by atoms with Gasteiger partial charge in [-0.1, -0.05) is 30.3 Å². The zero-order chi connectivity index (χ0) is 20.1. The van der Waals surface area contributed by atoms with Crippen molar-refractivity contribution in [1.82, 2.24) is 25.5 Å². The SMILES string of the molecule is O=C(N[C@@H](CO)C(=O)Nc1cc(-c2ccccc2)[nH]n1)c1c[nH]c(=O)[nH]c1=O. The van der Waals surface area contributed by atoms with E-state index in [4.69, 9.17) is 0 Å². The summed E-state index contributed by atoms with van der Waals surface area (Å²) in [6, 6.07) is 9.54. The second-order valence-electron chi connectivity index (χ2n) is 5.72. The van der Waals surface area contributed by atoms with Gasteiger partial charge in [0.25, 0.3) is 17.4 Å². The molecule has 0 saturated carbocycles. The molecule has 1 aromatic carbocycles. The van der Waals surface area contributed by atoms with Gasteiger partial charge in [-0.3, -0.25) is 24.5 Å². The highest BCUT2D eigenvalue weighted by Gasteiger charge is 2.23. The Morgan fingerprint density at radius 2 is 1.93 bits per heavy atom. The van der Waals surface area contributed by atoms with Gasteiger partial charge in [-0.25, -0.2) is 4.79 Å². The molecule has 0 bridgehead atoms. The third-order valence-corrected chi connectivity index (χ3v) is 3.78. The fourth-order valence-electron chi connectivity index (χ4n) is 2.37. The quantitative estimate of drug-likeness (QED) is 0.324.